The molecule has 0 aliphatic carbocycles. The summed E-state index contributed by atoms with van der Waals surface area (Å²) in [4.78, 5) is 12.1. The van der Waals surface area contributed by atoms with Gasteiger partial charge in [-0.05, 0) is 38.1 Å². The molecule has 1 aromatic carbocycles. The van der Waals surface area contributed by atoms with Gasteiger partial charge in [-0.15, -0.1) is 5.10 Å². The van der Waals surface area contributed by atoms with Crippen molar-refractivity contribution in [3.8, 4) is 5.75 Å². The average molecular weight is 290 g/mol. The Morgan fingerprint density at radius 2 is 2.14 bits per heavy atom. The third-order valence-electron chi connectivity index (χ3n) is 2.93. The van der Waals surface area contributed by atoms with E-state index in [4.69, 9.17) is 9.84 Å². The van der Waals surface area contributed by atoms with Crippen molar-refractivity contribution in [2.45, 2.75) is 26.5 Å². The number of aromatic nitrogens is 3. The van der Waals surface area contributed by atoms with Crippen molar-refractivity contribution in [1.82, 2.24) is 15.0 Å². The lowest BCUT2D eigenvalue weighted by molar-refractivity contribution is -0.119. The fourth-order valence-electron chi connectivity index (χ4n) is 1.74. The second kappa shape index (κ2) is 6.85. The van der Waals surface area contributed by atoms with Crippen LogP contribution in [0, 0.1) is 0 Å². The quantitative estimate of drug-likeness (QED) is 0.838. The Kier molecular flexibility index (Phi) is 4.89. The molecule has 2 aromatic rings. The Morgan fingerprint density at radius 1 is 1.43 bits per heavy atom. The van der Waals surface area contributed by atoms with Crippen molar-refractivity contribution >= 4 is 11.6 Å². The SMILES string of the molecule is CCOc1ccc(NC(=O)C(C)n2cc(CO)nn2)cc1. The molecule has 1 aromatic heterocycles. The summed E-state index contributed by atoms with van der Waals surface area (Å²) in [6.07, 6.45) is 1.54. The predicted molar refractivity (Wildman–Crippen MR) is 76.9 cm³/mol. The second-order valence-electron chi connectivity index (χ2n) is 4.47. The Bertz CT molecular complexity index is 595. The highest BCUT2D eigenvalue weighted by molar-refractivity contribution is 5.93. The number of amides is 1. The molecule has 0 fully saturated rings. The summed E-state index contributed by atoms with van der Waals surface area (Å²) < 4.78 is 6.75. The fraction of sp³-hybridized carbons (Fsp3) is 0.357. The predicted octanol–water partition coefficient (Wildman–Crippen LogP) is 1.37. The number of carbonyl (C=O) groups is 1. The van der Waals surface area contributed by atoms with Crippen LogP contribution in [0.5, 0.6) is 5.75 Å². The van der Waals surface area contributed by atoms with E-state index in [0.717, 1.165) is 5.75 Å². The fourth-order valence-corrected chi connectivity index (χ4v) is 1.74. The first-order valence-electron chi connectivity index (χ1n) is 6.69. The highest BCUT2D eigenvalue weighted by atomic mass is 16.5. The van der Waals surface area contributed by atoms with E-state index < -0.39 is 6.04 Å². The molecule has 0 saturated heterocycles. The minimum absolute atomic E-state index is 0.201. The van der Waals surface area contributed by atoms with Crippen LogP contribution in [0.25, 0.3) is 0 Å². The highest BCUT2D eigenvalue weighted by Gasteiger charge is 2.16. The lowest BCUT2D eigenvalue weighted by Crippen LogP contribution is -2.24. The van der Waals surface area contributed by atoms with Gasteiger partial charge in [0.15, 0.2) is 0 Å². The normalized spacial score (nSPS) is 12.0. The zero-order chi connectivity index (χ0) is 15.2. The summed E-state index contributed by atoms with van der Waals surface area (Å²) in [6.45, 7) is 4.02. The number of anilines is 1. The van der Waals surface area contributed by atoms with E-state index in [1.54, 1.807) is 37.4 Å². The number of nitrogens with one attached hydrogen (secondary N) is 1. The third-order valence-corrected chi connectivity index (χ3v) is 2.93. The first-order chi connectivity index (χ1) is 10.1. The van der Waals surface area contributed by atoms with Crippen LogP contribution in [0.3, 0.4) is 0 Å². The molecule has 0 spiro atoms. The van der Waals surface area contributed by atoms with E-state index >= 15 is 0 Å². The maximum Gasteiger partial charge on any atom is 0.249 e. The van der Waals surface area contributed by atoms with Crippen LogP contribution in [0.4, 0.5) is 5.69 Å². The van der Waals surface area contributed by atoms with Crippen LogP contribution in [0.2, 0.25) is 0 Å². The van der Waals surface area contributed by atoms with Gasteiger partial charge in [0, 0.05) is 5.69 Å². The monoisotopic (exact) mass is 290 g/mol. The van der Waals surface area contributed by atoms with Gasteiger partial charge in [-0.3, -0.25) is 4.79 Å². The molecule has 2 rings (SSSR count). The van der Waals surface area contributed by atoms with Gasteiger partial charge in [-0.1, -0.05) is 5.21 Å². The number of ether oxygens (including phenoxy) is 1. The summed E-state index contributed by atoms with van der Waals surface area (Å²) >= 11 is 0. The molecule has 0 aliphatic rings. The lowest BCUT2D eigenvalue weighted by Gasteiger charge is -2.12. The summed E-state index contributed by atoms with van der Waals surface area (Å²) in [7, 11) is 0. The van der Waals surface area contributed by atoms with Crippen LogP contribution in [0.1, 0.15) is 25.6 Å². The Morgan fingerprint density at radius 3 is 2.71 bits per heavy atom. The number of rotatable bonds is 6. The summed E-state index contributed by atoms with van der Waals surface area (Å²) in [5.41, 5.74) is 1.11. The minimum Gasteiger partial charge on any atom is -0.494 e. The van der Waals surface area contributed by atoms with Crippen LogP contribution in [-0.2, 0) is 11.4 Å². The van der Waals surface area contributed by atoms with Gasteiger partial charge >= 0.3 is 0 Å². The maximum absolute atomic E-state index is 12.1. The molecule has 112 valence electrons. The lowest BCUT2D eigenvalue weighted by atomic mass is 10.2. The zero-order valence-corrected chi connectivity index (χ0v) is 12.0. The summed E-state index contributed by atoms with van der Waals surface area (Å²) in [6, 6.07) is 6.61. The number of hydrogen-bond acceptors (Lipinski definition) is 5. The summed E-state index contributed by atoms with van der Waals surface area (Å²) in [5, 5.41) is 19.3. The third kappa shape index (κ3) is 3.79. The van der Waals surface area contributed by atoms with Crippen LogP contribution < -0.4 is 10.1 Å². The van der Waals surface area contributed by atoms with E-state index in [1.165, 1.54) is 4.68 Å². The van der Waals surface area contributed by atoms with Crippen LogP contribution >= 0.6 is 0 Å². The van der Waals surface area contributed by atoms with Crippen molar-refractivity contribution in [1.29, 1.82) is 0 Å². The van der Waals surface area contributed by atoms with Gasteiger partial charge in [0.05, 0.1) is 19.4 Å². The molecule has 1 atom stereocenters. The van der Waals surface area contributed by atoms with Gasteiger partial charge in [0.1, 0.15) is 17.5 Å². The van der Waals surface area contributed by atoms with Gasteiger partial charge in [0.2, 0.25) is 5.91 Å². The van der Waals surface area contributed by atoms with Crippen molar-refractivity contribution in [2.24, 2.45) is 0 Å². The molecule has 1 heterocycles. The molecule has 2 N–H and O–H groups in total. The van der Waals surface area contributed by atoms with Gasteiger partial charge in [-0.25, -0.2) is 4.68 Å². The molecule has 1 unspecified atom stereocenters. The van der Waals surface area contributed by atoms with Gasteiger partial charge in [-0.2, -0.15) is 0 Å². The largest absolute Gasteiger partial charge is 0.494 e. The number of aliphatic hydroxyl groups excluding tert-OH is 1. The van der Waals surface area contributed by atoms with E-state index in [0.29, 0.717) is 18.0 Å². The topological polar surface area (TPSA) is 89.3 Å². The molecule has 1 amide bonds. The molecule has 7 heteroatoms. The molecule has 21 heavy (non-hydrogen) atoms. The van der Waals surface area contributed by atoms with Gasteiger partial charge < -0.3 is 15.2 Å². The molecular formula is C14H18N4O3. The molecule has 0 bridgehead atoms. The first kappa shape index (κ1) is 15.0. The number of benzene rings is 1. The number of nitrogens with zero attached hydrogens (tertiary/aromatic N) is 3. The first-order valence-corrected chi connectivity index (χ1v) is 6.69. The Labute approximate surface area is 122 Å². The van der Waals surface area contributed by atoms with Crippen molar-refractivity contribution in [3.05, 3.63) is 36.2 Å². The van der Waals surface area contributed by atoms with Crippen molar-refractivity contribution in [3.63, 3.8) is 0 Å². The van der Waals surface area contributed by atoms with Crippen LogP contribution in [-0.4, -0.2) is 32.6 Å². The van der Waals surface area contributed by atoms with Crippen molar-refractivity contribution < 1.29 is 14.6 Å². The minimum atomic E-state index is -0.524. The van der Waals surface area contributed by atoms with Crippen LogP contribution in [0.15, 0.2) is 30.5 Å². The molecular weight excluding hydrogens is 272 g/mol. The van der Waals surface area contributed by atoms with E-state index in [2.05, 4.69) is 15.6 Å². The Hall–Kier alpha value is -2.41. The van der Waals surface area contributed by atoms with Gasteiger partial charge in [0.25, 0.3) is 0 Å². The molecule has 0 saturated carbocycles. The van der Waals surface area contributed by atoms with E-state index in [1.807, 2.05) is 6.92 Å². The van der Waals surface area contributed by atoms with E-state index in [9.17, 15) is 4.79 Å². The van der Waals surface area contributed by atoms with E-state index in [-0.39, 0.29) is 12.5 Å². The molecule has 0 aliphatic heterocycles. The highest BCUT2D eigenvalue weighted by Crippen LogP contribution is 2.17. The smallest absolute Gasteiger partial charge is 0.249 e. The van der Waals surface area contributed by atoms with Crippen molar-refractivity contribution in [2.75, 3.05) is 11.9 Å². The number of aliphatic hydroxyl groups is 1. The maximum atomic E-state index is 12.1. The Balaban J connectivity index is 1.99. The standard InChI is InChI=1S/C14H18N4O3/c1-3-21-13-6-4-11(5-7-13)15-14(20)10(2)18-8-12(9-19)16-17-18/h4-8,10,19H,3,9H2,1-2H3,(H,15,20). The number of carbonyl (C=O) groups excluding carboxylic acids is 1. The zero-order valence-electron chi connectivity index (χ0n) is 12.0. The number of hydrogen-bond donors (Lipinski definition) is 2. The molecule has 0 radical (unpaired) electrons. The summed E-state index contributed by atoms with van der Waals surface area (Å²) in [5.74, 6) is 0.543. The average Bonchev–Trinajstić information content (AvgIpc) is 2.97. The molecule has 7 nitrogen and oxygen atoms in total. The second-order valence-corrected chi connectivity index (χ2v) is 4.47.